The van der Waals surface area contributed by atoms with E-state index in [4.69, 9.17) is 0 Å². The second kappa shape index (κ2) is 4.61. The summed E-state index contributed by atoms with van der Waals surface area (Å²) in [5.74, 6) is -0.589. The summed E-state index contributed by atoms with van der Waals surface area (Å²) in [6, 6.07) is 1.17. The van der Waals surface area contributed by atoms with Gasteiger partial charge in [-0.3, -0.25) is 9.78 Å². The molecule has 1 unspecified atom stereocenters. The summed E-state index contributed by atoms with van der Waals surface area (Å²) in [5.41, 5.74) is 0.677. The third kappa shape index (κ3) is 2.33. The number of nitrogens with zero attached hydrogens (tertiary/aromatic N) is 3. The maximum atomic E-state index is 13.1. The van der Waals surface area contributed by atoms with Crippen LogP contribution in [0.5, 0.6) is 0 Å². The third-order valence-corrected chi connectivity index (χ3v) is 2.66. The number of amides is 1. The second-order valence-electron chi connectivity index (χ2n) is 4.32. The van der Waals surface area contributed by atoms with E-state index in [1.807, 2.05) is 13.8 Å². The first-order valence-electron chi connectivity index (χ1n) is 5.55. The number of rotatable bonds is 2. The molecule has 90 valence electrons. The number of carbonyl (C=O) groups excluding carboxylic acids is 1. The van der Waals surface area contributed by atoms with Crippen molar-refractivity contribution in [3.63, 3.8) is 0 Å². The average Bonchev–Trinajstić information content (AvgIpc) is 2.76. The van der Waals surface area contributed by atoms with Crippen LogP contribution in [0.1, 0.15) is 31.9 Å². The predicted molar refractivity (Wildman–Crippen MR) is 61.7 cm³/mol. The maximum absolute atomic E-state index is 13.1. The molecule has 0 aromatic carbocycles. The van der Waals surface area contributed by atoms with E-state index in [0.717, 1.165) is 6.20 Å². The van der Waals surface area contributed by atoms with Gasteiger partial charge in [0, 0.05) is 24.8 Å². The molecule has 1 aromatic heterocycles. The van der Waals surface area contributed by atoms with E-state index >= 15 is 0 Å². The lowest BCUT2D eigenvalue weighted by Gasteiger charge is -2.23. The zero-order valence-electron chi connectivity index (χ0n) is 9.80. The molecule has 1 amide bonds. The van der Waals surface area contributed by atoms with Gasteiger partial charge in [0.25, 0.3) is 0 Å². The Hall–Kier alpha value is -1.78. The highest BCUT2D eigenvalue weighted by molar-refractivity contribution is 5.81. The number of hydrazone groups is 1. The fraction of sp³-hybridized carbons (Fsp3) is 0.417. The number of hydrogen-bond acceptors (Lipinski definition) is 3. The van der Waals surface area contributed by atoms with Gasteiger partial charge in [0.1, 0.15) is 5.82 Å². The summed E-state index contributed by atoms with van der Waals surface area (Å²) < 4.78 is 13.1. The lowest BCUT2D eigenvalue weighted by molar-refractivity contribution is -0.136. The molecule has 1 aliphatic rings. The van der Waals surface area contributed by atoms with Gasteiger partial charge < -0.3 is 0 Å². The minimum absolute atomic E-state index is 0.0620. The number of aromatic nitrogens is 1. The molecule has 0 radical (unpaired) electrons. The molecule has 0 N–H and O–H groups in total. The van der Waals surface area contributed by atoms with Gasteiger partial charge in [0.15, 0.2) is 0 Å². The van der Waals surface area contributed by atoms with E-state index < -0.39 is 5.82 Å². The molecular weight excluding hydrogens is 221 g/mol. The summed E-state index contributed by atoms with van der Waals surface area (Å²) in [5, 5.41) is 5.47. The lowest BCUT2D eigenvalue weighted by atomic mass is 10.1. The average molecular weight is 235 g/mol. The molecule has 2 rings (SSSR count). The zero-order valence-corrected chi connectivity index (χ0v) is 9.80. The van der Waals surface area contributed by atoms with Crippen molar-refractivity contribution < 1.29 is 9.18 Å². The van der Waals surface area contributed by atoms with Crippen molar-refractivity contribution in [1.29, 1.82) is 0 Å². The van der Waals surface area contributed by atoms with Gasteiger partial charge in [-0.15, -0.1) is 0 Å². The maximum Gasteiger partial charge on any atom is 0.245 e. The molecule has 1 atom stereocenters. The molecule has 5 heteroatoms. The Balaban J connectivity index is 2.25. The molecule has 0 fully saturated rings. The molecule has 1 aromatic rings. The molecular formula is C12H14FN3O. The summed E-state index contributed by atoms with van der Waals surface area (Å²) in [4.78, 5) is 15.7. The van der Waals surface area contributed by atoms with E-state index in [0.29, 0.717) is 12.0 Å². The lowest BCUT2D eigenvalue weighted by Crippen LogP contribution is -2.30. The molecule has 2 heterocycles. The van der Waals surface area contributed by atoms with Crippen LogP contribution in [0.25, 0.3) is 0 Å². The van der Waals surface area contributed by atoms with Crippen LogP contribution >= 0.6 is 0 Å². The summed E-state index contributed by atoms with van der Waals surface area (Å²) in [6.45, 7) is 3.63. The Morgan fingerprint density at radius 3 is 2.94 bits per heavy atom. The molecule has 1 aliphatic heterocycles. The van der Waals surface area contributed by atoms with Gasteiger partial charge in [0.05, 0.1) is 12.2 Å². The monoisotopic (exact) mass is 235 g/mol. The largest absolute Gasteiger partial charge is 0.273 e. The van der Waals surface area contributed by atoms with Crippen LogP contribution in [-0.2, 0) is 4.79 Å². The standard InChI is InChI=1S/C12H14FN3O/c1-8(2)12(17)16-11(3-4-15-16)9-5-10(13)7-14-6-9/h4-8,11H,3H2,1-2H3. The number of hydrogen-bond donors (Lipinski definition) is 0. The summed E-state index contributed by atoms with van der Waals surface area (Å²) in [6.07, 6.45) is 5.00. The molecule has 17 heavy (non-hydrogen) atoms. The number of halogens is 1. The van der Waals surface area contributed by atoms with Crippen molar-refractivity contribution in [2.24, 2.45) is 11.0 Å². The number of carbonyl (C=O) groups is 1. The minimum atomic E-state index is -0.397. The van der Waals surface area contributed by atoms with Gasteiger partial charge >= 0.3 is 0 Å². The van der Waals surface area contributed by atoms with Gasteiger partial charge in [0.2, 0.25) is 5.91 Å². The van der Waals surface area contributed by atoms with Crippen LogP contribution in [0, 0.1) is 11.7 Å². The Morgan fingerprint density at radius 2 is 2.29 bits per heavy atom. The van der Waals surface area contributed by atoms with E-state index in [2.05, 4.69) is 10.1 Å². The first-order valence-corrected chi connectivity index (χ1v) is 5.55. The number of pyridine rings is 1. The minimum Gasteiger partial charge on any atom is -0.273 e. The van der Waals surface area contributed by atoms with Crippen molar-refractivity contribution in [1.82, 2.24) is 9.99 Å². The normalized spacial score (nSPS) is 19.1. The van der Waals surface area contributed by atoms with Gasteiger partial charge in [-0.25, -0.2) is 9.40 Å². The first-order chi connectivity index (χ1) is 8.09. The van der Waals surface area contributed by atoms with Crippen LogP contribution in [0.3, 0.4) is 0 Å². The molecule has 0 saturated heterocycles. The molecule has 0 bridgehead atoms. The summed E-state index contributed by atoms with van der Waals surface area (Å²) in [7, 11) is 0. The van der Waals surface area contributed by atoms with Crippen LogP contribution in [0.2, 0.25) is 0 Å². The summed E-state index contributed by atoms with van der Waals surface area (Å²) >= 11 is 0. The van der Waals surface area contributed by atoms with Gasteiger partial charge in [-0.05, 0) is 11.6 Å². The van der Waals surface area contributed by atoms with Crippen LogP contribution in [0.15, 0.2) is 23.6 Å². The van der Waals surface area contributed by atoms with Crippen molar-refractivity contribution >= 4 is 12.1 Å². The molecule has 0 aliphatic carbocycles. The Bertz CT molecular complexity index is 459. The highest BCUT2D eigenvalue weighted by Gasteiger charge is 2.29. The van der Waals surface area contributed by atoms with Crippen LogP contribution < -0.4 is 0 Å². The molecule has 0 spiro atoms. The Morgan fingerprint density at radius 1 is 1.53 bits per heavy atom. The van der Waals surface area contributed by atoms with E-state index in [1.54, 1.807) is 12.4 Å². The van der Waals surface area contributed by atoms with Crippen molar-refractivity contribution in [3.8, 4) is 0 Å². The van der Waals surface area contributed by atoms with Crippen molar-refractivity contribution in [2.45, 2.75) is 26.3 Å². The second-order valence-corrected chi connectivity index (χ2v) is 4.32. The Kier molecular flexibility index (Phi) is 3.17. The first kappa shape index (κ1) is 11.7. The highest BCUT2D eigenvalue weighted by atomic mass is 19.1. The molecule has 0 saturated carbocycles. The van der Waals surface area contributed by atoms with E-state index in [9.17, 15) is 9.18 Å². The van der Waals surface area contributed by atoms with Gasteiger partial charge in [-0.2, -0.15) is 5.10 Å². The topological polar surface area (TPSA) is 45.6 Å². The quantitative estimate of drug-likeness (QED) is 0.788. The highest BCUT2D eigenvalue weighted by Crippen LogP contribution is 2.29. The fourth-order valence-electron chi connectivity index (χ4n) is 1.78. The Labute approximate surface area is 99.2 Å². The smallest absolute Gasteiger partial charge is 0.245 e. The van der Waals surface area contributed by atoms with Gasteiger partial charge in [-0.1, -0.05) is 13.8 Å². The van der Waals surface area contributed by atoms with E-state index in [-0.39, 0.29) is 17.9 Å². The third-order valence-electron chi connectivity index (χ3n) is 2.66. The predicted octanol–water partition coefficient (Wildman–Crippen LogP) is 2.14. The SMILES string of the molecule is CC(C)C(=O)N1N=CCC1c1cncc(F)c1. The van der Waals surface area contributed by atoms with Crippen molar-refractivity contribution in [3.05, 3.63) is 29.8 Å². The molecule has 4 nitrogen and oxygen atoms in total. The zero-order chi connectivity index (χ0) is 12.4. The van der Waals surface area contributed by atoms with E-state index in [1.165, 1.54) is 11.1 Å². The fourth-order valence-corrected chi connectivity index (χ4v) is 1.78. The van der Waals surface area contributed by atoms with Crippen molar-refractivity contribution in [2.75, 3.05) is 0 Å². The van der Waals surface area contributed by atoms with Crippen LogP contribution in [0.4, 0.5) is 4.39 Å². The van der Waals surface area contributed by atoms with Crippen LogP contribution in [-0.4, -0.2) is 22.1 Å².